The van der Waals surface area contributed by atoms with Crippen molar-refractivity contribution >= 4 is 27.1 Å². The predicted molar refractivity (Wildman–Crippen MR) is 94.0 cm³/mol. The van der Waals surface area contributed by atoms with Gasteiger partial charge in [-0.1, -0.05) is 30.3 Å². The van der Waals surface area contributed by atoms with Crippen LogP contribution in [0.1, 0.15) is 15.2 Å². The quantitative estimate of drug-likeness (QED) is 0.698. The van der Waals surface area contributed by atoms with Gasteiger partial charge in [-0.15, -0.1) is 11.3 Å². The monoisotopic (exact) mass is 394 g/mol. The van der Waals surface area contributed by atoms with Crippen molar-refractivity contribution in [3.05, 3.63) is 76.7 Å². The van der Waals surface area contributed by atoms with Gasteiger partial charge in [-0.2, -0.15) is 0 Å². The summed E-state index contributed by atoms with van der Waals surface area (Å²) < 4.78 is 52.2. The fourth-order valence-electron chi connectivity index (χ4n) is 2.46. The van der Waals surface area contributed by atoms with Crippen LogP contribution >= 0.6 is 11.3 Å². The lowest BCUT2D eigenvalue weighted by atomic mass is 10.1. The van der Waals surface area contributed by atoms with Crippen LogP contribution in [-0.4, -0.2) is 19.5 Å². The number of aromatic carboxylic acids is 1. The van der Waals surface area contributed by atoms with Gasteiger partial charge in [-0.3, -0.25) is 0 Å². The molecule has 8 heteroatoms. The van der Waals surface area contributed by atoms with Gasteiger partial charge in [-0.25, -0.2) is 22.0 Å². The number of hydrogen-bond donors (Lipinski definition) is 1. The molecule has 0 unspecified atom stereocenters. The van der Waals surface area contributed by atoms with E-state index in [1.165, 1.54) is 6.07 Å². The minimum Gasteiger partial charge on any atom is -0.477 e. The standard InChI is InChI=1S/C18H12F2O4S2/c19-13-6-7-14(20)16(9-13)26(23,24)10-12-8-15(25-17(12)18(21)22)11-4-2-1-3-5-11/h1-9H,10H2,(H,21,22). The van der Waals surface area contributed by atoms with E-state index in [0.29, 0.717) is 10.9 Å². The van der Waals surface area contributed by atoms with E-state index in [0.717, 1.165) is 29.0 Å². The average Bonchev–Trinajstić information content (AvgIpc) is 3.01. The van der Waals surface area contributed by atoms with E-state index >= 15 is 0 Å². The van der Waals surface area contributed by atoms with Crippen LogP contribution in [0.4, 0.5) is 8.78 Å². The van der Waals surface area contributed by atoms with Gasteiger partial charge in [0.15, 0.2) is 9.84 Å². The number of carboxylic acid groups (broad SMARTS) is 1. The van der Waals surface area contributed by atoms with Crippen LogP contribution in [0, 0.1) is 11.6 Å². The van der Waals surface area contributed by atoms with Crippen LogP contribution < -0.4 is 0 Å². The van der Waals surface area contributed by atoms with Gasteiger partial charge in [0.2, 0.25) is 0 Å². The second-order valence-electron chi connectivity index (χ2n) is 5.47. The van der Waals surface area contributed by atoms with Crippen LogP contribution in [0.5, 0.6) is 0 Å². The van der Waals surface area contributed by atoms with Crippen molar-refractivity contribution < 1.29 is 27.1 Å². The van der Waals surface area contributed by atoms with Crippen molar-refractivity contribution in [2.45, 2.75) is 10.6 Å². The summed E-state index contributed by atoms with van der Waals surface area (Å²) in [5.41, 5.74) is 0.769. The van der Waals surface area contributed by atoms with Crippen molar-refractivity contribution in [1.29, 1.82) is 0 Å². The molecule has 4 nitrogen and oxygen atoms in total. The molecule has 0 spiro atoms. The Morgan fingerprint density at radius 2 is 1.73 bits per heavy atom. The van der Waals surface area contributed by atoms with Crippen LogP contribution in [-0.2, 0) is 15.6 Å². The largest absolute Gasteiger partial charge is 0.477 e. The molecule has 2 aromatic carbocycles. The molecule has 26 heavy (non-hydrogen) atoms. The first-order valence-corrected chi connectivity index (χ1v) is 9.84. The van der Waals surface area contributed by atoms with Crippen molar-refractivity contribution in [2.24, 2.45) is 0 Å². The van der Waals surface area contributed by atoms with Crippen LogP contribution in [0.15, 0.2) is 59.5 Å². The Morgan fingerprint density at radius 3 is 2.38 bits per heavy atom. The molecule has 0 fully saturated rings. The number of halogens is 2. The van der Waals surface area contributed by atoms with E-state index in [-0.39, 0.29) is 10.4 Å². The Hall–Kier alpha value is -2.58. The number of benzene rings is 2. The van der Waals surface area contributed by atoms with Gasteiger partial charge in [0.1, 0.15) is 21.4 Å². The zero-order valence-electron chi connectivity index (χ0n) is 13.1. The van der Waals surface area contributed by atoms with Gasteiger partial charge < -0.3 is 5.11 Å². The number of rotatable bonds is 5. The summed E-state index contributed by atoms with van der Waals surface area (Å²) in [6.45, 7) is 0. The number of carboxylic acids is 1. The van der Waals surface area contributed by atoms with Gasteiger partial charge in [-0.05, 0) is 35.4 Å². The molecule has 1 aromatic heterocycles. The van der Waals surface area contributed by atoms with E-state index in [9.17, 15) is 27.1 Å². The molecule has 0 saturated heterocycles. The SMILES string of the molecule is O=C(O)c1sc(-c2ccccc2)cc1CS(=O)(=O)c1cc(F)ccc1F. The van der Waals surface area contributed by atoms with Gasteiger partial charge in [0, 0.05) is 4.88 Å². The maximum Gasteiger partial charge on any atom is 0.346 e. The number of hydrogen-bond acceptors (Lipinski definition) is 4. The molecule has 0 atom stereocenters. The highest BCUT2D eigenvalue weighted by molar-refractivity contribution is 7.90. The van der Waals surface area contributed by atoms with Gasteiger partial charge in [0.05, 0.1) is 5.75 Å². The van der Waals surface area contributed by atoms with E-state index in [1.54, 1.807) is 30.3 Å². The summed E-state index contributed by atoms with van der Waals surface area (Å²) in [4.78, 5) is 11.1. The second-order valence-corrected chi connectivity index (χ2v) is 8.48. The highest BCUT2D eigenvalue weighted by Gasteiger charge is 2.25. The molecule has 1 heterocycles. The van der Waals surface area contributed by atoms with Crippen LogP contribution in [0.3, 0.4) is 0 Å². The summed E-state index contributed by atoms with van der Waals surface area (Å²) >= 11 is 0.932. The minimum atomic E-state index is -4.26. The Balaban J connectivity index is 2.05. The maximum absolute atomic E-state index is 13.8. The van der Waals surface area contributed by atoms with E-state index in [1.807, 2.05) is 0 Å². The summed E-state index contributed by atoms with van der Waals surface area (Å²) in [7, 11) is -4.26. The van der Waals surface area contributed by atoms with Crippen molar-refractivity contribution in [3.8, 4) is 10.4 Å². The molecular weight excluding hydrogens is 382 g/mol. The second kappa shape index (κ2) is 6.97. The fourth-order valence-corrected chi connectivity index (χ4v) is 5.03. The molecule has 0 aliphatic carbocycles. The van der Waals surface area contributed by atoms with Crippen molar-refractivity contribution in [2.75, 3.05) is 0 Å². The predicted octanol–water partition coefficient (Wildman–Crippen LogP) is 4.37. The summed E-state index contributed by atoms with van der Waals surface area (Å²) in [5.74, 6) is -3.99. The lowest BCUT2D eigenvalue weighted by molar-refractivity contribution is 0.0701. The lowest BCUT2D eigenvalue weighted by Gasteiger charge is -2.06. The molecule has 0 aliphatic heterocycles. The average molecular weight is 394 g/mol. The molecule has 0 bridgehead atoms. The van der Waals surface area contributed by atoms with E-state index < -0.39 is 38.1 Å². The Morgan fingerprint density at radius 1 is 1.04 bits per heavy atom. The number of carbonyl (C=O) groups is 1. The topological polar surface area (TPSA) is 71.4 Å². The highest BCUT2D eigenvalue weighted by atomic mass is 32.2. The first kappa shape index (κ1) is 18.2. The molecular formula is C18H12F2O4S2. The molecule has 134 valence electrons. The van der Waals surface area contributed by atoms with Crippen LogP contribution in [0.25, 0.3) is 10.4 Å². The molecule has 0 radical (unpaired) electrons. The zero-order chi connectivity index (χ0) is 18.9. The van der Waals surface area contributed by atoms with Crippen molar-refractivity contribution in [1.82, 2.24) is 0 Å². The van der Waals surface area contributed by atoms with Crippen molar-refractivity contribution in [3.63, 3.8) is 0 Å². The van der Waals surface area contributed by atoms with Crippen LogP contribution in [0.2, 0.25) is 0 Å². The van der Waals surface area contributed by atoms with Gasteiger partial charge in [0.25, 0.3) is 0 Å². The molecule has 3 rings (SSSR count). The zero-order valence-corrected chi connectivity index (χ0v) is 14.8. The Labute approximate surface area is 152 Å². The third-order valence-electron chi connectivity index (χ3n) is 3.64. The smallest absolute Gasteiger partial charge is 0.346 e. The highest BCUT2D eigenvalue weighted by Crippen LogP contribution is 2.33. The Kier molecular flexibility index (Phi) is 4.88. The first-order valence-electron chi connectivity index (χ1n) is 7.37. The summed E-state index contributed by atoms with van der Waals surface area (Å²) in [6, 6.07) is 12.5. The maximum atomic E-state index is 13.8. The molecule has 0 aliphatic rings. The first-order chi connectivity index (χ1) is 12.3. The Bertz CT molecular complexity index is 1070. The molecule has 3 aromatic rings. The normalized spacial score (nSPS) is 11.5. The fraction of sp³-hybridized carbons (Fsp3) is 0.0556. The third-order valence-corrected chi connectivity index (χ3v) is 6.52. The summed E-state index contributed by atoms with van der Waals surface area (Å²) in [5, 5.41) is 9.37. The van der Waals surface area contributed by atoms with E-state index in [4.69, 9.17) is 0 Å². The lowest BCUT2D eigenvalue weighted by Crippen LogP contribution is -2.09. The third kappa shape index (κ3) is 3.66. The van der Waals surface area contributed by atoms with Gasteiger partial charge >= 0.3 is 5.97 Å². The number of sulfone groups is 1. The van der Waals surface area contributed by atoms with E-state index in [2.05, 4.69) is 0 Å². The molecule has 1 N–H and O–H groups in total. The summed E-state index contributed by atoms with van der Waals surface area (Å²) in [6.07, 6.45) is 0. The molecule has 0 amide bonds. The minimum absolute atomic E-state index is 0.0324. The number of thiophene rings is 1. The molecule has 0 saturated carbocycles.